The molecule has 0 fully saturated rings. The Morgan fingerprint density at radius 1 is 0.310 bits per heavy atom. The maximum absolute atomic E-state index is 2.19. The molecule has 0 unspecified atom stereocenters. The first-order valence-electron chi connectivity index (χ1n) is 8.46. The molecule has 0 aliphatic rings. The molecule has 0 amide bonds. The molecule has 0 saturated carbocycles. The van der Waals surface area contributed by atoms with E-state index in [0.29, 0.717) is 29.9 Å². The zero-order chi connectivity index (χ0) is 17.9. The van der Waals surface area contributed by atoms with Crippen molar-refractivity contribution in [3.63, 3.8) is 0 Å². The molecule has 5 heteroatoms. The Kier molecular flexibility index (Phi) is 16.4. The van der Waals surface area contributed by atoms with E-state index in [-0.39, 0.29) is 45.2 Å². The van der Waals surface area contributed by atoms with Crippen molar-refractivity contribution < 1.29 is 45.2 Å². The van der Waals surface area contributed by atoms with E-state index in [0.717, 1.165) is 0 Å². The van der Waals surface area contributed by atoms with Gasteiger partial charge in [-0.25, -0.2) is 0 Å². The molecular formula is C24H20Cl2PdSe2. The summed E-state index contributed by atoms with van der Waals surface area (Å²) in [4.78, 5) is 0. The van der Waals surface area contributed by atoms with Gasteiger partial charge in [0.1, 0.15) is 0 Å². The van der Waals surface area contributed by atoms with Crippen LogP contribution in [0.5, 0.6) is 0 Å². The number of hydrogen-bond acceptors (Lipinski definition) is 0. The minimum atomic E-state index is 0. The van der Waals surface area contributed by atoms with Crippen LogP contribution < -0.4 is 42.7 Å². The van der Waals surface area contributed by atoms with Gasteiger partial charge in [-0.2, -0.15) is 0 Å². The van der Waals surface area contributed by atoms with E-state index in [1.54, 1.807) is 0 Å². The van der Waals surface area contributed by atoms with E-state index in [1.165, 1.54) is 17.8 Å². The van der Waals surface area contributed by atoms with Crippen LogP contribution in [0.1, 0.15) is 0 Å². The molecule has 4 aromatic rings. The van der Waals surface area contributed by atoms with Crippen molar-refractivity contribution >= 4 is 47.8 Å². The van der Waals surface area contributed by atoms with Gasteiger partial charge in [0.25, 0.3) is 0 Å². The standard InChI is InChI=1S/2C12H10Se.2ClH.Pd/c2*1-3-7-11(8-4-1)13-12-9-5-2-6-10-12;;;/h2*1-10H;2*1H;/q;;;;+2/p-2. The van der Waals surface area contributed by atoms with E-state index in [1.807, 2.05) is 0 Å². The summed E-state index contributed by atoms with van der Waals surface area (Å²) in [7, 11) is 0. The van der Waals surface area contributed by atoms with E-state index in [2.05, 4.69) is 121 Å². The van der Waals surface area contributed by atoms with Crippen LogP contribution in [-0.2, 0) is 20.4 Å². The molecule has 0 nitrogen and oxygen atoms in total. The predicted octanol–water partition coefficient (Wildman–Crippen LogP) is -3.31. The summed E-state index contributed by atoms with van der Waals surface area (Å²) in [6, 6.07) is 42.5. The average Bonchev–Trinajstić information content (AvgIpc) is 2.72. The van der Waals surface area contributed by atoms with E-state index < -0.39 is 0 Å². The Morgan fingerprint density at radius 3 is 0.655 bits per heavy atom. The summed E-state index contributed by atoms with van der Waals surface area (Å²) >= 11 is 0.922. The minimum absolute atomic E-state index is 0. The Labute approximate surface area is 212 Å². The van der Waals surface area contributed by atoms with Gasteiger partial charge < -0.3 is 24.8 Å². The normalized spacial score (nSPS) is 8.83. The second kappa shape index (κ2) is 16.9. The van der Waals surface area contributed by atoms with Crippen LogP contribution in [0.3, 0.4) is 0 Å². The van der Waals surface area contributed by atoms with Gasteiger partial charge in [-0.05, 0) is 0 Å². The topological polar surface area (TPSA) is 0 Å². The Bertz CT molecular complexity index is 725. The summed E-state index contributed by atoms with van der Waals surface area (Å²) in [5, 5.41) is 0. The maximum atomic E-state index is 2.19. The number of hydrogen-bond donors (Lipinski definition) is 0. The molecular weight excluding hydrogens is 624 g/mol. The van der Waals surface area contributed by atoms with E-state index >= 15 is 0 Å². The number of benzene rings is 4. The summed E-state index contributed by atoms with van der Waals surface area (Å²) < 4.78 is 5.73. The zero-order valence-corrected chi connectivity index (χ0v) is 21.9. The van der Waals surface area contributed by atoms with Crippen molar-refractivity contribution in [2.24, 2.45) is 0 Å². The second-order valence-corrected chi connectivity index (χ2v) is 10.3. The van der Waals surface area contributed by atoms with Gasteiger partial charge in [0, 0.05) is 0 Å². The Balaban J connectivity index is 0.000000490. The van der Waals surface area contributed by atoms with Gasteiger partial charge in [-0.3, -0.25) is 0 Å². The molecule has 0 aromatic heterocycles. The molecule has 0 aliphatic heterocycles. The van der Waals surface area contributed by atoms with E-state index in [9.17, 15) is 0 Å². The molecule has 4 aromatic carbocycles. The van der Waals surface area contributed by atoms with Crippen LogP contribution >= 0.6 is 0 Å². The molecule has 0 spiro atoms. The van der Waals surface area contributed by atoms with Gasteiger partial charge >= 0.3 is 190 Å². The molecule has 4 rings (SSSR count). The second-order valence-electron chi connectivity index (χ2n) is 5.46. The zero-order valence-electron chi connectivity index (χ0n) is 15.4. The van der Waals surface area contributed by atoms with Crippen LogP contribution in [0.4, 0.5) is 0 Å². The van der Waals surface area contributed by atoms with Crippen molar-refractivity contribution in [2.45, 2.75) is 0 Å². The number of rotatable bonds is 4. The molecule has 0 heterocycles. The fourth-order valence-corrected chi connectivity index (χ4v) is 5.83. The fourth-order valence-electron chi connectivity index (χ4n) is 2.23. The molecule has 152 valence electrons. The van der Waals surface area contributed by atoms with Crippen molar-refractivity contribution in [3.8, 4) is 0 Å². The summed E-state index contributed by atoms with van der Waals surface area (Å²) in [6.07, 6.45) is 0. The molecule has 0 aliphatic carbocycles. The van der Waals surface area contributed by atoms with Gasteiger partial charge in [0.2, 0.25) is 0 Å². The fraction of sp³-hybridized carbons (Fsp3) is 0. The first kappa shape index (κ1) is 28.2. The van der Waals surface area contributed by atoms with Crippen LogP contribution in [0.25, 0.3) is 0 Å². The van der Waals surface area contributed by atoms with Crippen LogP contribution in [0.15, 0.2) is 121 Å². The monoisotopic (exact) mass is 644 g/mol. The van der Waals surface area contributed by atoms with Crippen molar-refractivity contribution in [1.29, 1.82) is 0 Å². The van der Waals surface area contributed by atoms with Crippen molar-refractivity contribution in [2.75, 3.05) is 0 Å². The molecule has 0 radical (unpaired) electrons. The van der Waals surface area contributed by atoms with Gasteiger partial charge in [0.05, 0.1) is 0 Å². The summed E-state index contributed by atoms with van der Waals surface area (Å²) in [5.74, 6) is 0. The predicted molar refractivity (Wildman–Crippen MR) is 116 cm³/mol. The number of halogens is 2. The third-order valence-electron chi connectivity index (χ3n) is 3.44. The first-order valence-corrected chi connectivity index (χ1v) is 11.9. The molecule has 0 N–H and O–H groups in total. The molecule has 0 saturated heterocycles. The summed E-state index contributed by atoms with van der Waals surface area (Å²) in [6.45, 7) is 0. The van der Waals surface area contributed by atoms with Gasteiger partial charge in [-0.1, -0.05) is 0 Å². The van der Waals surface area contributed by atoms with Crippen LogP contribution in [0.2, 0.25) is 0 Å². The molecule has 29 heavy (non-hydrogen) atoms. The quantitative estimate of drug-likeness (QED) is 0.205. The van der Waals surface area contributed by atoms with E-state index in [4.69, 9.17) is 0 Å². The Morgan fingerprint density at radius 2 is 0.483 bits per heavy atom. The van der Waals surface area contributed by atoms with Gasteiger partial charge in [-0.15, -0.1) is 0 Å². The third kappa shape index (κ3) is 11.2. The SMILES string of the molecule is [Cl-].[Cl-].[Pd+2].c1ccc([Se]c2ccccc2)cc1.c1ccc([Se]c2ccccc2)cc1. The van der Waals surface area contributed by atoms with Crippen molar-refractivity contribution in [3.05, 3.63) is 121 Å². The summed E-state index contributed by atoms with van der Waals surface area (Å²) in [5.41, 5.74) is 0. The van der Waals surface area contributed by atoms with Gasteiger partial charge in [0.15, 0.2) is 0 Å². The van der Waals surface area contributed by atoms with Crippen LogP contribution in [-0.4, -0.2) is 29.9 Å². The molecule has 0 atom stereocenters. The van der Waals surface area contributed by atoms with Crippen molar-refractivity contribution in [1.82, 2.24) is 0 Å². The first-order chi connectivity index (χ1) is 12.9. The van der Waals surface area contributed by atoms with Crippen LogP contribution in [0, 0.1) is 0 Å². The third-order valence-corrected chi connectivity index (χ3v) is 7.71. The molecule has 0 bridgehead atoms. The average molecular weight is 644 g/mol. The Hall–Kier alpha value is -0.839.